The van der Waals surface area contributed by atoms with Crippen LogP contribution in [0.5, 0.6) is 0 Å². The first-order valence-electron chi connectivity index (χ1n) is 10.2. The van der Waals surface area contributed by atoms with Crippen LogP contribution in [0.3, 0.4) is 0 Å². The standard InChI is InChI=1S/C22H20N8/c1-28-12-18(9-25-28)19-13-30-22(17(6-23)8-26-30)21(27-19)16-2-3-20(24-7-16)29-10-14-4-15(5-14)11-29/h2-3,7-9,12-15H,4-5,10-11H2,1H3. The molecule has 2 saturated heterocycles. The third kappa shape index (κ3) is 2.66. The molecule has 6 heterocycles. The van der Waals surface area contributed by atoms with Crippen molar-refractivity contribution < 1.29 is 0 Å². The summed E-state index contributed by atoms with van der Waals surface area (Å²) in [5.41, 5.74) is 4.40. The van der Waals surface area contributed by atoms with E-state index in [0.29, 0.717) is 16.8 Å². The zero-order chi connectivity index (χ0) is 20.2. The summed E-state index contributed by atoms with van der Waals surface area (Å²) in [6.45, 7) is 2.20. The summed E-state index contributed by atoms with van der Waals surface area (Å²) in [4.78, 5) is 12.0. The van der Waals surface area contributed by atoms with Crippen LogP contribution in [-0.4, -0.2) is 42.5 Å². The number of aromatic nitrogens is 6. The number of nitrogens with zero attached hydrogens (tertiary/aromatic N) is 8. The summed E-state index contributed by atoms with van der Waals surface area (Å²) < 4.78 is 3.46. The van der Waals surface area contributed by atoms with Crippen molar-refractivity contribution in [2.24, 2.45) is 18.9 Å². The highest BCUT2D eigenvalue weighted by Crippen LogP contribution is 2.40. The second kappa shape index (κ2) is 6.39. The van der Waals surface area contributed by atoms with Gasteiger partial charge in [-0.25, -0.2) is 14.5 Å². The molecule has 4 aromatic rings. The molecule has 0 amide bonds. The number of hydrogen-bond donors (Lipinski definition) is 0. The van der Waals surface area contributed by atoms with E-state index in [9.17, 15) is 5.26 Å². The van der Waals surface area contributed by atoms with E-state index in [2.05, 4.69) is 27.2 Å². The van der Waals surface area contributed by atoms with Gasteiger partial charge >= 0.3 is 0 Å². The average Bonchev–Trinajstić information content (AvgIpc) is 3.39. The van der Waals surface area contributed by atoms with Crippen LogP contribution in [0, 0.1) is 23.2 Å². The Kier molecular flexibility index (Phi) is 3.65. The molecule has 0 atom stereocenters. The molecule has 2 bridgehead atoms. The molecule has 1 saturated carbocycles. The van der Waals surface area contributed by atoms with Crippen molar-refractivity contribution in [3.05, 3.63) is 48.7 Å². The monoisotopic (exact) mass is 396 g/mol. The van der Waals surface area contributed by atoms with Crippen LogP contribution in [0.15, 0.2) is 43.1 Å². The van der Waals surface area contributed by atoms with E-state index in [4.69, 9.17) is 9.97 Å². The van der Waals surface area contributed by atoms with Crippen molar-refractivity contribution in [1.29, 1.82) is 5.26 Å². The topological polar surface area (TPSA) is 87.9 Å². The van der Waals surface area contributed by atoms with Crippen LogP contribution in [-0.2, 0) is 7.05 Å². The van der Waals surface area contributed by atoms with Crippen LogP contribution in [0.25, 0.3) is 28.0 Å². The Labute approximate surface area is 173 Å². The van der Waals surface area contributed by atoms with Crippen molar-refractivity contribution >= 4 is 11.3 Å². The van der Waals surface area contributed by atoms with E-state index in [-0.39, 0.29) is 0 Å². The van der Waals surface area contributed by atoms with Gasteiger partial charge in [0.25, 0.3) is 0 Å². The summed E-state index contributed by atoms with van der Waals surface area (Å²) in [5, 5.41) is 18.2. The smallest absolute Gasteiger partial charge is 0.128 e. The Morgan fingerprint density at radius 3 is 2.50 bits per heavy atom. The van der Waals surface area contributed by atoms with Crippen LogP contribution >= 0.6 is 0 Å². The maximum atomic E-state index is 9.56. The lowest BCUT2D eigenvalue weighted by atomic mass is 9.71. The zero-order valence-corrected chi connectivity index (χ0v) is 16.6. The Bertz CT molecular complexity index is 1280. The minimum Gasteiger partial charge on any atom is -0.356 e. The highest BCUT2D eigenvalue weighted by molar-refractivity contribution is 5.83. The number of piperidine rings is 2. The average molecular weight is 396 g/mol. The van der Waals surface area contributed by atoms with E-state index in [1.165, 1.54) is 12.8 Å². The number of nitriles is 1. The van der Waals surface area contributed by atoms with Crippen LogP contribution in [0.4, 0.5) is 5.82 Å². The predicted octanol–water partition coefficient (Wildman–Crippen LogP) is 2.91. The van der Waals surface area contributed by atoms with Gasteiger partial charge in [0, 0.05) is 43.7 Å². The minimum atomic E-state index is 0.496. The maximum absolute atomic E-state index is 9.56. The molecule has 0 spiro atoms. The number of fused-ring (bicyclic) bond motifs is 3. The fourth-order valence-electron chi connectivity index (χ4n) is 4.76. The van der Waals surface area contributed by atoms with Gasteiger partial charge in [0.05, 0.1) is 30.0 Å². The van der Waals surface area contributed by atoms with Crippen LogP contribution < -0.4 is 4.90 Å². The molecule has 3 fully saturated rings. The van der Waals surface area contributed by atoms with Crippen molar-refractivity contribution in [1.82, 2.24) is 29.4 Å². The lowest BCUT2D eigenvalue weighted by Gasteiger charge is -2.47. The molecule has 2 aliphatic heterocycles. The van der Waals surface area contributed by atoms with Gasteiger partial charge in [-0.15, -0.1) is 0 Å². The van der Waals surface area contributed by atoms with E-state index >= 15 is 0 Å². The Morgan fingerprint density at radius 2 is 1.83 bits per heavy atom. The Hall–Kier alpha value is -3.73. The van der Waals surface area contributed by atoms with Crippen molar-refractivity contribution in [2.45, 2.75) is 12.8 Å². The SMILES string of the molecule is Cn1cc(-c2cn3ncc(C#N)c3c(-c3ccc(N4CC5CC(C5)C4)nc3)n2)cn1. The predicted molar refractivity (Wildman–Crippen MR) is 112 cm³/mol. The summed E-state index contributed by atoms with van der Waals surface area (Å²) in [7, 11) is 1.87. The summed E-state index contributed by atoms with van der Waals surface area (Å²) >= 11 is 0. The maximum Gasteiger partial charge on any atom is 0.128 e. The van der Waals surface area contributed by atoms with Gasteiger partial charge in [0.15, 0.2) is 0 Å². The van der Waals surface area contributed by atoms with Crippen molar-refractivity contribution in [2.75, 3.05) is 18.0 Å². The minimum absolute atomic E-state index is 0.496. The number of rotatable bonds is 3. The van der Waals surface area contributed by atoms with Crippen molar-refractivity contribution in [3.63, 3.8) is 0 Å². The van der Waals surface area contributed by atoms with Gasteiger partial charge in [0.2, 0.25) is 0 Å². The number of anilines is 1. The molecule has 0 radical (unpaired) electrons. The number of hydrogen-bond acceptors (Lipinski definition) is 6. The van der Waals surface area contributed by atoms with E-state index in [1.807, 2.05) is 31.7 Å². The van der Waals surface area contributed by atoms with E-state index in [1.54, 1.807) is 21.6 Å². The molecule has 0 aromatic carbocycles. The van der Waals surface area contributed by atoms with Crippen molar-refractivity contribution in [3.8, 4) is 28.6 Å². The second-order valence-corrected chi connectivity index (χ2v) is 8.35. The largest absolute Gasteiger partial charge is 0.356 e. The first-order valence-corrected chi connectivity index (χ1v) is 10.2. The zero-order valence-electron chi connectivity index (χ0n) is 16.6. The Morgan fingerprint density at radius 1 is 1.00 bits per heavy atom. The first-order chi connectivity index (χ1) is 14.7. The van der Waals surface area contributed by atoms with Gasteiger partial charge < -0.3 is 4.90 Å². The Balaban J connectivity index is 1.44. The van der Waals surface area contributed by atoms with Crippen LogP contribution in [0.1, 0.15) is 18.4 Å². The molecule has 148 valence electrons. The van der Waals surface area contributed by atoms with Gasteiger partial charge in [0.1, 0.15) is 23.0 Å². The molecule has 30 heavy (non-hydrogen) atoms. The van der Waals surface area contributed by atoms with E-state index in [0.717, 1.165) is 47.6 Å². The van der Waals surface area contributed by atoms with Crippen LogP contribution in [0.2, 0.25) is 0 Å². The fraction of sp³-hybridized carbons (Fsp3) is 0.318. The lowest BCUT2D eigenvalue weighted by molar-refractivity contribution is 0.158. The first kappa shape index (κ1) is 17.2. The highest BCUT2D eigenvalue weighted by Gasteiger charge is 2.37. The highest BCUT2D eigenvalue weighted by atomic mass is 15.2. The third-order valence-corrected chi connectivity index (χ3v) is 6.25. The second-order valence-electron chi connectivity index (χ2n) is 8.35. The van der Waals surface area contributed by atoms with Gasteiger partial charge in [-0.05, 0) is 36.8 Å². The quantitative estimate of drug-likeness (QED) is 0.529. The summed E-state index contributed by atoms with van der Waals surface area (Å²) in [5.74, 6) is 2.67. The van der Waals surface area contributed by atoms with Gasteiger partial charge in [-0.3, -0.25) is 4.68 Å². The third-order valence-electron chi connectivity index (χ3n) is 6.25. The molecule has 1 aliphatic carbocycles. The lowest BCUT2D eigenvalue weighted by Crippen LogP contribution is -2.48. The molecule has 0 N–H and O–H groups in total. The van der Waals surface area contributed by atoms with Gasteiger partial charge in [-0.2, -0.15) is 15.5 Å². The summed E-state index contributed by atoms with van der Waals surface area (Å²) in [6, 6.07) is 6.34. The molecule has 3 aliphatic rings. The molecule has 8 nitrogen and oxygen atoms in total. The molecular weight excluding hydrogens is 376 g/mol. The molecule has 7 rings (SSSR count). The fourth-order valence-corrected chi connectivity index (χ4v) is 4.76. The molecule has 8 heteroatoms. The van der Waals surface area contributed by atoms with E-state index < -0.39 is 0 Å². The normalized spacial score (nSPS) is 20.2. The molecular formula is C22H20N8. The molecule has 4 aromatic heterocycles. The number of aryl methyl sites for hydroxylation is 1. The van der Waals surface area contributed by atoms with Gasteiger partial charge in [-0.1, -0.05) is 0 Å². The summed E-state index contributed by atoms with van der Waals surface area (Å²) in [6.07, 6.45) is 11.7. The molecule has 0 unspecified atom stereocenters. The number of pyridine rings is 1.